The highest BCUT2D eigenvalue weighted by atomic mass is 16.5. The minimum absolute atomic E-state index is 0.0266. The van der Waals surface area contributed by atoms with E-state index in [4.69, 9.17) is 9.47 Å². The van der Waals surface area contributed by atoms with Gasteiger partial charge >= 0.3 is 5.97 Å². The van der Waals surface area contributed by atoms with Crippen LogP contribution in [0.5, 0.6) is 11.5 Å². The summed E-state index contributed by atoms with van der Waals surface area (Å²) in [7, 11) is 0. The van der Waals surface area contributed by atoms with E-state index in [1.807, 2.05) is 0 Å². The van der Waals surface area contributed by atoms with Gasteiger partial charge in [0, 0.05) is 18.1 Å². The van der Waals surface area contributed by atoms with Crippen molar-refractivity contribution in [1.82, 2.24) is 0 Å². The molecule has 1 aliphatic rings. The normalized spacial score (nSPS) is 13.1. The van der Waals surface area contributed by atoms with Crippen LogP contribution in [0, 0.1) is 0 Å². The Balaban J connectivity index is 2.42. The number of ether oxygens (including phenoxy) is 2. The van der Waals surface area contributed by atoms with E-state index in [1.165, 1.54) is 12.1 Å². The van der Waals surface area contributed by atoms with Gasteiger partial charge in [-0.2, -0.15) is 0 Å². The van der Waals surface area contributed by atoms with Crippen molar-refractivity contribution < 1.29 is 19.4 Å². The highest BCUT2D eigenvalue weighted by Crippen LogP contribution is 2.33. The van der Waals surface area contributed by atoms with Crippen molar-refractivity contribution in [3.05, 3.63) is 23.3 Å². The van der Waals surface area contributed by atoms with E-state index in [2.05, 4.69) is 0 Å². The predicted molar refractivity (Wildman–Crippen MR) is 53.3 cm³/mol. The van der Waals surface area contributed by atoms with Crippen LogP contribution in [0.2, 0.25) is 0 Å². The minimum Gasteiger partial charge on any atom is -0.508 e. The summed E-state index contributed by atoms with van der Waals surface area (Å²) in [6, 6.07) is 2.94. The van der Waals surface area contributed by atoms with E-state index in [1.54, 1.807) is 6.92 Å². The first-order valence-corrected chi connectivity index (χ1v) is 4.88. The van der Waals surface area contributed by atoms with Gasteiger partial charge in [-0.15, -0.1) is 0 Å². The predicted octanol–water partition coefficient (Wildman–Crippen LogP) is 1.50. The molecule has 4 nitrogen and oxygen atoms in total. The monoisotopic (exact) mass is 208 g/mol. The third-order valence-corrected chi connectivity index (χ3v) is 2.30. The number of hydrogen-bond donors (Lipinski definition) is 1. The quantitative estimate of drug-likeness (QED) is 0.748. The molecule has 1 aliphatic heterocycles. The van der Waals surface area contributed by atoms with Crippen molar-refractivity contribution >= 4 is 5.97 Å². The fourth-order valence-electron chi connectivity index (χ4n) is 1.67. The first kappa shape index (κ1) is 9.83. The summed E-state index contributed by atoms with van der Waals surface area (Å²) in [5, 5.41) is 9.41. The molecule has 4 heteroatoms. The lowest BCUT2D eigenvalue weighted by Gasteiger charge is -2.07. The molecule has 0 fully saturated rings. The maximum Gasteiger partial charge on any atom is 0.338 e. The van der Waals surface area contributed by atoms with Crippen LogP contribution in [0.15, 0.2) is 12.1 Å². The number of fused-ring (bicyclic) bond motifs is 1. The molecule has 80 valence electrons. The third-order valence-electron chi connectivity index (χ3n) is 2.30. The molecule has 0 spiro atoms. The summed E-state index contributed by atoms with van der Waals surface area (Å²) < 4.78 is 10.2. The first-order chi connectivity index (χ1) is 7.22. The second-order valence-corrected chi connectivity index (χ2v) is 3.29. The molecule has 0 atom stereocenters. The number of phenolic OH excluding ortho intramolecular Hbond substituents is 1. The van der Waals surface area contributed by atoms with Gasteiger partial charge in [-0.25, -0.2) is 4.79 Å². The highest BCUT2D eigenvalue weighted by Gasteiger charge is 2.22. The van der Waals surface area contributed by atoms with Gasteiger partial charge in [-0.1, -0.05) is 0 Å². The van der Waals surface area contributed by atoms with Gasteiger partial charge in [0.25, 0.3) is 0 Å². The van der Waals surface area contributed by atoms with Crippen molar-refractivity contribution in [3.8, 4) is 11.5 Å². The second-order valence-electron chi connectivity index (χ2n) is 3.29. The number of carbonyl (C=O) groups is 1. The van der Waals surface area contributed by atoms with E-state index in [9.17, 15) is 9.90 Å². The molecule has 0 saturated carbocycles. The first-order valence-electron chi connectivity index (χ1n) is 4.88. The number of carbonyl (C=O) groups excluding carboxylic acids is 1. The standard InChI is InChI=1S/C11H12O4/c1-2-14-11(13)9-5-7(12)6-10-8(9)3-4-15-10/h5-6,12H,2-4H2,1H3. The van der Waals surface area contributed by atoms with Crippen LogP contribution in [-0.4, -0.2) is 24.3 Å². The second kappa shape index (κ2) is 3.81. The molecule has 0 radical (unpaired) electrons. The molecule has 1 aromatic carbocycles. The van der Waals surface area contributed by atoms with Crippen molar-refractivity contribution in [2.45, 2.75) is 13.3 Å². The van der Waals surface area contributed by atoms with E-state index in [0.717, 1.165) is 5.56 Å². The third kappa shape index (κ3) is 1.75. The number of aromatic hydroxyl groups is 1. The van der Waals surface area contributed by atoms with Gasteiger partial charge in [-0.05, 0) is 13.0 Å². The molecular weight excluding hydrogens is 196 g/mol. The summed E-state index contributed by atoms with van der Waals surface area (Å²) in [6.07, 6.45) is 0.684. The Morgan fingerprint density at radius 1 is 1.60 bits per heavy atom. The van der Waals surface area contributed by atoms with E-state index in [-0.39, 0.29) is 5.75 Å². The van der Waals surface area contributed by atoms with Gasteiger partial charge in [-0.3, -0.25) is 0 Å². The maximum atomic E-state index is 11.6. The summed E-state index contributed by atoms with van der Waals surface area (Å²) >= 11 is 0. The number of esters is 1. The van der Waals surface area contributed by atoms with Crippen molar-refractivity contribution in [2.75, 3.05) is 13.2 Å². The van der Waals surface area contributed by atoms with Crippen LogP contribution in [0.25, 0.3) is 0 Å². The topological polar surface area (TPSA) is 55.8 Å². The molecule has 1 heterocycles. The molecule has 0 aromatic heterocycles. The molecule has 0 unspecified atom stereocenters. The smallest absolute Gasteiger partial charge is 0.338 e. The lowest BCUT2D eigenvalue weighted by molar-refractivity contribution is 0.0525. The SMILES string of the molecule is CCOC(=O)c1cc(O)cc2c1CCO2. The zero-order valence-corrected chi connectivity index (χ0v) is 8.45. The Hall–Kier alpha value is -1.71. The molecule has 0 aliphatic carbocycles. The van der Waals surface area contributed by atoms with E-state index < -0.39 is 5.97 Å². The Kier molecular flexibility index (Phi) is 2.49. The van der Waals surface area contributed by atoms with Crippen molar-refractivity contribution in [2.24, 2.45) is 0 Å². The van der Waals surface area contributed by atoms with Gasteiger partial charge < -0.3 is 14.6 Å². The van der Waals surface area contributed by atoms with Crippen molar-refractivity contribution in [1.29, 1.82) is 0 Å². The fraction of sp³-hybridized carbons (Fsp3) is 0.364. The van der Waals surface area contributed by atoms with Gasteiger partial charge in [0.1, 0.15) is 11.5 Å². The zero-order valence-electron chi connectivity index (χ0n) is 8.45. The number of hydrogen-bond acceptors (Lipinski definition) is 4. The van der Waals surface area contributed by atoms with Crippen LogP contribution in [0.1, 0.15) is 22.8 Å². The van der Waals surface area contributed by atoms with Gasteiger partial charge in [0.15, 0.2) is 0 Å². The van der Waals surface area contributed by atoms with Crippen molar-refractivity contribution in [3.63, 3.8) is 0 Å². The average molecular weight is 208 g/mol. The average Bonchev–Trinajstić information content (AvgIpc) is 2.64. The van der Waals surface area contributed by atoms with Crippen LogP contribution in [-0.2, 0) is 11.2 Å². The summed E-state index contributed by atoms with van der Waals surface area (Å²) in [5.41, 5.74) is 1.23. The molecule has 0 bridgehead atoms. The maximum absolute atomic E-state index is 11.6. The molecule has 0 saturated heterocycles. The van der Waals surface area contributed by atoms with Gasteiger partial charge in [0.05, 0.1) is 18.8 Å². The van der Waals surface area contributed by atoms with Crippen LogP contribution >= 0.6 is 0 Å². The van der Waals surface area contributed by atoms with Crippen LogP contribution in [0.3, 0.4) is 0 Å². The van der Waals surface area contributed by atoms with E-state index in [0.29, 0.717) is 30.9 Å². The van der Waals surface area contributed by atoms with E-state index >= 15 is 0 Å². The summed E-state index contributed by atoms with van der Waals surface area (Å²) in [5.74, 6) is 0.201. The Bertz CT molecular complexity index is 398. The summed E-state index contributed by atoms with van der Waals surface area (Å²) in [4.78, 5) is 11.6. The summed E-state index contributed by atoms with van der Waals surface area (Å²) in [6.45, 7) is 2.62. The Labute approximate surface area is 87.4 Å². The molecule has 2 rings (SSSR count). The molecule has 15 heavy (non-hydrogen) atoms. The number of benzene rings is 1. The molecule has 0 amide bonds. The zero-order chi connectivity index (χ0) is 10.8. The largest absolute Gasteiger partial charge is 0.508 e. The minimum atomic E-state index is -0.407. The van der Waals surface area contributed by atoms with Crippen LogP contribution in [0.4, 0.5) is 0 Å². The lowest BCUT2D eigenvalue weighted by atomic mass is 10.0. The molecular formula is C11H12O4. The van der Waals surface area contributed by atoms with Gasteiger partial charge in [0.2, 0.25) is 0 Å². The molecule has 1 aromatic rings. The number of phenols is 1. The Morgan fingerprint density at radius 3 is 3.13 bits per heavy atom. The highest BCUT2D eigenvalue weighted by molar-refractivity contribution is 5.92. The lowest BCUT2D eigenvalue weighted by Crippen LogP contribution is -2.07. The Morgan fingerprint density at radius 2 is 2.40 bits per heavy atom. The molecule has 1 N–H and O–H groups in total. The number of rotatable bonds is 2. The van der Waals surface area contributed by atoms with Crippen LogP contribution < -0.4 is 4.74 Å². The fourth-order valence-corrected chi connectivity index (χ4v) is 1.67.